The number of carbonyl (C=O) groups is 2. The monoisotopic (exact) mass is 421 g/mol. The molecule has 3 unspecified atom stereocenters. The molecule has 0 aliphatic carbocycles. The van der Waals surface area contributed by atoms with Gasteiger partial charge in [0.05, 0.1) is 26.0 Å². The lowest BCUT2D eigenvalue weighted by molar-refractivity contribution is -0.160. The highest BCUT2D eigenvalue weighted by Crippen LogP contribution is 2.44. The molecular formula is C25H31N3O3. The van der Waals surface area contributed by atoms with Gasteiger partial charge in [0, 0.05) is 35.5 Å². The van der Waals surface area contributed by atoms with Crippen LogP contribution in [-0.4, -0.2) is 52.8 Å². The Hall–Kier alpha value is -3.02. The van der Waals surface area contributed by atoms with Gasteiger partial charge >= 0.3 is 0 Å². The zero-order valence-electron chi connectivity index (χ0n) is 18.3. The third-order valence-corrected chi connectivity index (χ3v) is 6.52. The van der Waals surface area contributed by atoms with Crippen LogP contribution in [0.2, 0.25) is 0 Å². The largest absolute Gasteiger partial charge is 0.505 e. The van der Waals surface area contributed by atoms with Crippen molar-refractivity contribution in [3.8, 4) is 0 Å². The second kappa shape index (κ2) is 9.00. The number of H-pyrrole nitrogens is 1. The second-order valence-electron chi connectivity index (χ2n) is 8.38. The smallest absolute Gasteiger partial charge is 0.246 e. The predicted molar refractivity (Wildman–Crippen MR) is 121 cm³/mol. The number of piperazine rings is 1. The quantitative estimate of drug-likeness (QED) is 0.518. The van der Waals surface area contributed by atoms with Gasteiger partial charge in [0.15, 0.2) is 0 Å². The molecule has 1 fully saturated rings. The highest BCUT2D eigenvalue weighted by molar-refractivity contribution is 5.97. The molecule has 0 bridgehead atoms. The Labute approximate surface area is 183 Å². The lowest BCUT2D eigenvalue weighted by Crippen LogP contribution is -2.63. The highest BCUT2D eigenvalue weighted by Gasteiger charge is 2.49. The zero-order valence-corrected chi connectivity index (χ0v) is 18.3. The summed E-state index contributed by atoms with van der Waals surface area (Å²) in [5.74, 6) is 0.0294. The number of allylic oxidation sites excluding steroid dienone is 1. The van der Waals surface area contributed by atoms with Crippen molar-refractivity contribution in [1.29, 1.82) is 0 Å². The molecule has 164 valence electrons. The summed E-state index contributed by atoms with van der Waals surface area (Å²) in [6.07, 6.45) is 8.60. The van der Waals surface area contributed by atoms with Crippen molar-refractivity contribution in [2.75, 3.05) is 20.2 Å². The fourth-order valence-corrected chi connectivity index (χ4v) is 5.01. The number of rotatable bonds is 8. The number of aromatic nitrogens is 1. The highest BCUT2D eigenvalue weighted by atomic mass is 16.5. The predicted octanol–water partition coefficient (Wildman–Crippen LogP) is 3.96. The first-order chi connectivity index (χ1) is 15.1. The standard InChI is InChI=1S/C25H31N3O3/c1-4-6-13-27-16-22(29)28-21(25(27)30)15-19-18-11-7-8-12-20(18)26-23(19)24(28)17(5-2)10-9-14-31-3/h5,7-9,11-12,14,17,21,24,26H,2,4,6,10,13,15-16H2,1,3H3/b14-9+. The molecule has 6 heteroatoms. The maximum absolute atomic E-state index is 13.5. The van der Waals surface area contributed by atoms with E-state index >= 15 is 0 Å². The summed E-state index contributed by atoms with van der Waals surface area (Å²) in [6.45, 7) is 6.94. The minimum Gasteiger partial charge on any atom is -0.505 e. The van der Waals surface area contributed by atoms with E-state index in [1.165, 1.54) is 0 Å². The molecule has 3 heterocycles. The first kappa shape index (κ1) is 21.2. The number of para-hydroxylation sites is 1. The average molecular weight is 422 g/mol. The molecule has 2 aromatic rings. The summed E-state index contributed by atoms with van der Waals surface area (Å²) >= 11 is 0. The summed E-state index contributed by atoms with van der Waals surface area (Å²) in [7, 11) is 1.61. The minimum absolute atomic E-state index is 0.0116. The van der Waals surface area contributed by atoms with Crippen LogP contribution in [0.4, 0.5) is 0 Å². The van der Waals surface area contributed by atoms with Crippen LogP contribution in [0, 0.1) is 5.92 Å². The average Bonchev–Trinajstić information content (AvgIpc) is 3.15. The Bertz CT molecular complexity index is 1010. The normalized spacial score (nSPS) is 22.0. The van der Waals surface area contributed by atoms with E-state index in [0.717, 1.165) is 35.0 Å². The van der Waals surface area contributed by atoms with Crippen LogP contribution in [-0.2, 0) is 20.7 Å². The Morgan fingerprint density at radius 2 is 2.13 bits per heavy atom. The number of ether oxygens (including phenoxy) is 1. The fraction of sp³-hybridized carbons (Fsp3) is 0.440. The molecule has 0 spiro atoms. The number of amides is 2. The van der Waals surface area contributed by atoms with Gasteiger partial charge in [-0.1, -0.05) is 37.6 Å². The molecule has 1 aromatic carbocycles. The van der Waals surface area contributed by atoms with Crippen molar-refractivity contribution in [3.05, 3.63) is 60.5 Å². The number of aromatic amines is 1. The maximum atomic E-state index is 13.5. The van der Waals surface area contributed by atoms with Crippen molar-refractivity contribution in [3.63, 3.8) is 0 Å². The summed E-state index contributed by atoms with van der Waals surface area (Å²) in [5.41, 5.74) is 3.20. The Morgan fingerprint density at radius 3 is 2.87 bits per heavy atom. The number of nitrogens with zero attached hydrogens (tertiary/aromatic N) is 2. The number of methoxy groups -OCH3 is 1. The lowest BCUT2D eigenvalue weighted by Gasteiger charge is -2.48. The van der Waals surface area contributed by atoms with Gasteiger partial charge in [-0.05, 0) is 30.5 Å². The molecule has 1 N–H and O–H groups in total. The zero-order chi connectivity index (χ0) is 22.0. The van der Waals surface area contributed by atoms with Crippen molar-refractivity contribution >= 4 is 22.7 Å². The maximum Gasteiger partial charge on any atom is 0.246 e. The Morgan fingerprint density at radius 1 is 1.32 bits per heavy atom. The molecular weight excluding hydrogens is 390 g/mol. The van der Waals surface area contributed by atoms with E-state index in [1.54, 1.807) is 18.3 Å². The second-order valence-corrected chi connectivity index (χ2v) is 8.38. The fourth-order valence-electron chi connectivity index (χ4n) is 5.01. The molecule has 6 nitrogen and oxygen atoms in total. The van der Waals surface area contributed by atoms with Crippen molar-refractivity contribution in [2.45, 2.75) is 44.7 Å². The number of benzene rings is 1. The van der Waals surface area contributed by atoms with E-state index in [4.69, 9.17) is 4.74 Å². The molecule has 0 radical (unpaired) electrons. The van der Waals surface area contributed by atoms with E-state index in [-0.39, 0.29) is 30.3 Å². The lowest BCUT2D eigenvalue weighted by atomic mass is 9.82. The molecule has 3 atom stereocenters. The summed E-state index contributed by atoms with van der Waals surface area (Å²) in [4.78, 5) is 34.0. The number of hydrogen-bond acceptors (Lipinski definition) is 3. The van der Waals surface area contributed by atoms with Gasteiger partial charge in [-0.15, -0.1) is 6.58 Å². The molecule has 1 aromatic heterocycles. The van der Waals surface area contributed by atoms with E-state index in [9.17, 15) is 9.59 Å². The van der Waals surface area contributed by atoms with Crippen molar-refractivity contribution in [1.82, 2.24) is 14.8 Å². The Kier molecular flexibility index (Phi) is 6.16. The van der Waals surface area contributed by atoms with Gasteiger partial charge in [-0.2, -0.15) is 0 Å². The molecule has 1 saturated heterocycles. The van der Waals surface area contributed by atoms with Gasteiger partial charge in [0.25, 0.3) is 0 Å². The third kappa shape index (κ3) is 3.75. The number of fused-ring (bicyclic) bond motifs is 4. The molecule has 2 amide bonds. The molecule has 2 aliphatic rings. The van der Waals surface area contributed by atoms with Crippen LogP contribution >= 0.6 is 0 Å². The molecule has 31 heavy (non-hydrogen) atoms. The first-order valence-corrected chi connectivity index (χ1v) is 11.1. The minimum atomic E-state index is -0.469. The molecule has 2 aliphatic heterocycles. The van der Waals surface area contributed by atoms with Crippen LogP contribution in [0.3, 0.4) is 0 Å². The van der Waals surface area contributed by atoms with E-state index < -0.39 is 6.04 Å². The number of hydrogen-bond donors (Lipinski definition) is 1. The van der Waals surface area contributed by atoms with Gasteiger partial charge in [0.1, 0.15) is 6.04 Å². The van der Waals surface area contributed by atoms with Gasteiger partial charge < -0.3 is 19.5 Å². The van der Waals surface area contributed by atoms with Gasteiger partial charge in [0.2, 0.25) is 11.8 Å². The molecule has 4 rings (SSSR count). The topological polar surface area (TPSA) is 65.6 Å². The van der Waals surface area contributed by atoms with Crippen LogP contribution in [0.5, 0.6) is 0 Å². The molecule has 0 saturated carbocycles. The van der Waals surface area contributed by atoms with Gasteiger partial charge in [-0.25, -0.2) is 0 Å². The van der Waals surface area contributed by atoms with Gasteiger partial charge in [-0.3, -0.25) is 9.59 Å². The van der Waals surface area contributed by atoms with E-state index in [0.29, 0.717) is 19.4 Å². The number of nitrogens with one attached hydrogen (secondary N) is 1. The van der Waals surface area contributed by atoms with Crippen LogP contribution in [0.1, 0.15) is 43.5 Å². The first-order valence-electron chi connectivity index (χ1n) is 11.1. The van der Waals surface area contributed by atoms with Crippen molar-refractivity contribution < 1.29 is 14.3 Å². The third-order valence-electron chi connectivity index (χ3n) is 6.52. The summed E-state index contributed by atoms with van der Waals surface area (Å²) in [6, 6.07) is 7.44. The number of carbonyl (C=O) groups excluding carboxylic acids is 2. The van der Waals surface area contributed by atoms with E-state index in [1.807, 2.05) is 29.2 Å². The summed E-state index contributed by atoms with van der Waals surface area (Å²) < 4.78 is 5.07. The Balaban J connectivity index is 1.80. The van der Waals surface area contributed by atoms with Crippen LogP contribution < -0.4 is 0 Å². The summed E-state index contributed by atoms with van der Waals surface area (Å²) in [5, 5.41) is 1.13. The van der Waals surface area contributed by atoms with E-state index in [2.05, 4.69) is 30.6 Å². The SMILES string of the molecule is C=CC(C/C=C/OC)C1c2[nH]c3ccccc3c2CC2C(=O)N(CCCC)CC(=O)N21. The van der Waals surface area contributed by atoms with Crippen molar-refractivity contribution in [2.24, 2.45) is 5.92 Å². The number of unbranched alkanes of at least 4 members (excludes halogenated alkanes) is 1. The van der Waals surface area contributed by atoms with Crippen LogP contribution in [0.25, 0.3) is 10.9 Å². The van der Waals surface area contributed by atoms with Crippen LogP contribution in [0.15, 0.2) is 49.3 Å².